The molecule has 124 heavy (non-hydrogen) atoms. The lowest BCUT2D eigenvalue weighted by molar-refractivity contribution is -0.0648. The number of aryl methyl sites for hydroxylation is 3. The number of aromatic nitrogens is 18. The van der Waals surface area contributed by atoms with Crippen molar-refractivity contribution < 1.29 is 145 Å². The topological polar surface area (TPSA) is 795 Å². The summed E-state index contributed by atoms with van der Waals surface area (Å²) in [6.07, 6.45) is -20.5. The van der Waals surface area contributed by atoms with E-state index < -0.39 is 263 Å². The van der Waals surface area contributed by atoms with Crippen LogP contribution in [0.15, 0.2) is 85.3 Å². The number of aliphatic hydroxyl groups is 1. The summed E-state index contributed by atoms with van der Waals surface area (Å²) in [6, 6.07) is 0. The largest absolute Gasteiger partial charge is 0.472 e. The highest BCUT2D eigenvalue weighted by Crippen LogP contribution is 2.57. The number of phosphoric ester groups is 6. The summed E-state index contributed by atoms with van der Waals surface area (Å²) in [5, 5.41) is 10.3. The van der Waals surface area contributed by atoms with Crippen LogP contribution in [0.1, 0.15) is 92.6 Å². The second kappa shape index (κ2) is 35.6. The Kier molecular flexibility index (Phi) is 25.9. The van der Waals surface area contributed by atoms with Crippen molar-refractivity contribution in [1.82, 2.24) is 87.2 Å². The van der Waals surface area contributed by atoms with Crippen molar-refractivity contribution in [3.8, 4) is 0 Å². The summed E-state index contributed by atoms with van der Waals surface area (Å²) >= 11 is 0. The fraction of sp³-hybridized carbons (Fsp3) is 0.550. The number of nitrogen functional groups attached to an aromatic ring is 3. The Morgan fingerprint density at radius 2 is 0.581 bits per heavy atom. The van der Waals surface area contributed by atoms with E-state index >= 15 is 0 Å². The Bertz CT molecular complexity index is 6220. The number of aliphatic hydroxyl groups excluding tert-OH is 1. The molecule has 17 N–H and O–H groups in total. The Morgan fingerprint density at radius 1 is 0.355 bits per heavy atom. The van der Waals surface area contributed by atoms with E-state index in [-0.39, 0.29) is 74.1 Å². The highest BCUT2D eigenvalue weighted by molar-refractivity contribution is 7.48. The normalized spacial score (nSPS) is 29.2. The number of hydrogen-bond acceptors (Lipinski definition) is 42. The van der Waals surface area contributed by atoms with E-state index in [1.165, 1.54) is 59.8 Å². The molecule has 6 aliphatic rings. The molecule has 0 aromatic carbocycles. The molecule has 15 heterocycles. The summed E-state index contributed by atoms with van der Waals surface area (Å²) in [5.41, 5.74) is 13.2. The van der Waals surface area contributed by atoms with Gasteiger partial charge in [0.1, 0.15) is 146 Å². The fourth-order valence-corrected chi connectivity index (χ4v) is 19.8. The van der Waals surface area contributed by atoms with Crippen LogP contribution in [0.25, 0.3) is 33.5 Å². The smallest absolute Gasteiger partial charge is 0.394 e. The van der Waals surface area contributed by atoms with E-state index in [1.54, 1.807) is 0 Å². The Balaban J connectivity index is 0.637. The molecular formula is C60H77N21O37P6. The minimum atomic E-state index is -5.65. The molecule has 674 valence electrons. The maximum absolute atomic E-state index is 14.5. The van der Waals surface area contributed by atoms with Crippen LogP contribution in [0.4, 0.5) is 17.5 Å². The average Bonchev–Trinajstić information content (AvgIpc) is 1.64. The molecule has 6 fully saturated rings. The SMILES string of the molecule is Cc1cn([C@H]2C[C@H](OP(=O)(O)O)[C@@H](COP(=O)(O)O[C@H]3C[C@H](n4cnc5c(N)ncnc54)O[C@@H]3COP(=O)(O)O[C@H]3C[C@H](n4cc(C)c(=O)[nH]c4=O)O[C@@H]3COP(=O)(O)O[C@H]3C[C@H](n4cnc5c(N)ncnc54)O[C@@H]3COP(=O)(O)O[C@H]3C[C@H](n4cc(C)c(=O)[nH]c4=O)O[C@@H]3COP(=O)(O)O[C@H]3C[C@H](n4cnc5c(N)ncnc54)O[C@@H]3CO)O2)c(=O)[nH]c1=O. The van der Waals surface area contributed by atoms with Crippen LogP contribution in [0.5, 0.6) is 0 Å². The molecule has 6 saturated heterocycles. The van der Waals surface area contributed by atoms with Gasteiger partial charge in [0, 0.05) is 73.8 Å². The number of anilines is 3. The number of nitrogens with zero attached hydrogens (tertiary/aromatic N) is 15. The average molecular weight is 1870 g/mol. The molecule has 0 amide bonds. The third-order valence-corrected chi connectivity index (χ3v) is 26.0. The molecule has 9 aromatic heterocycles. The van der Waals surface area contributed by atoms with Gasteiger partial charge in [-0.1, -0.05) is 0 Å². The van der Waals surface area contributed by atoms with Crippen molar-refractivity contribution in [2.75, 3.05) is 56.8 Å². The van der Waals surface area contributed by atoms with E-state index in [2.05, 4.69) is 59.8 Å². The van der Waals surface area contributed by atoms with Crippen LogP contribution in [0.2, 0.25) is 0 Å². The van der Waals surface area contributed by atoms with Crippen LogP contribution >= 0.6 is 46.9 Å². The maximum atomic E-state index is 14.5. The van der Waals surface area contributed by atoms with E-state index in [1.807, 2.05) is 0 Å². The lowest BCUT2D eigenvalue weighted by atomic mass is 10.2. The lowest BCUT2D eigenvalue weighted by Crippen LogP contribution is -2.33. The van der Waals surface area contributed by atoms with Gasteiger partial charge in [0.15, 0.2) is 34.4 Å². The lowest BCUT2D eigenvalue weighted by Gasteiger charge is -2.26. The first-order chi connectivity index (χ1) is 58.5. The molecule has 58 nitrogen and oxygen atoms in total. The highest BCUT2D eigenvalue weighted by Gasteiger charge is 2.52. The van der Waals surface area contributed by atoms with E-state index in [4.69, 9.17) is 95.4 Å². The van der Waals surface area contributed by atoms with Gasteiger partial charge in [-0.3, -0.25) is 106 Å². The number of aromatic amines is 3. The molecule has 5 unspecified atom stereocenters. The summed E-state index contributed by atoms with van der Waals surface area (Å²) in [7, 11) is -33.0. The van der Waals surface area contributed by atoms with Gasteiger partial charge < -0.3 is 85.0 Å². The summed E-state index contributed by atoms with van der Waals surface area (Å²) < 4.78 is 186. The molecule has 0 bridgehead atoms. The summed E-state index contributed by atoms with van der Waals surface area (Å²) in [5.74, 6) is -0.145. The molecule has 23 atom stereocenters. The van der Waals surface area contributed by atoms with Gasteiger partial charge in [-0.15, -0.1) is 0 Å². The van der Waals surface area contributed by atoms with Gasteiger partial charge in [-0.25, -0.2) is 86.6 Å². The third kappa shape index (κ3) is 20.2. The first-order valence-corrected chi connectivity index (χ1v) is 45.8. The summed E-state index contributed by atoms with van der Waals surface area (Å²) in [6.45, 7) is -2.13. The van der Waals surface area contributed by atoms with Crippen LogP contribution < -0.4 is 50.9 Å². The first-order valence-electron chi connectivity index (χ1n) is 36.8. The van der Waals surface area contributed by atoms with Gasteiger partial charge in [0.25, 0.3) is 16.7 Å². The summed E-state index contributed by atoms with van der Waals surface area (Å²) in [4.78, 5) is 197. The third-order valence-electron chi connectivity index (χ3n) is 20.3. The maximum Gasteiger partial charge on any atom is 0.472 e. The monoisotopic (exact) mass is 1870 g/mol. The van der Waals surface area contributed by atoms with Crippen LogP contribution in [0, 0.1) is 20.8 Å². The zero-order valence-corrected chi connectivity index (χ0v) is 69.5. The number of phosphoric acid groups is 6. The van der Waals surface area contributed by atoms with E-state index in [9.17, 15) is 95.5 Å². The van der Waals surface area contributed by atoms with Crippen molar-refractivity contribution in [2.24, 2.45) is 0 Å². The molecule has 0 aliphatic carbocycles. The predicted molar refractivity (Wildman–Crippen MR) is 406 cm³/mol. The fourth-order valence-electron chi connectivity index (χ4n) is 14.5. The molecule has 6 aliphatic heterocycles. The standard InChI is InChI=1S/C60H77N21O37P6/c1-25-10-76(58(86)73-55(25)83)40-5-29(113-119(89,90)91)35(108-40)14-102-121(94,95)117-32-8-44(80-23-71-47-50(62)65-20-68-53(47)80)111-38(32)17-105-123(98,99)116-31-7-42(78-12-27(3)57(85)75-60(78)88)110-37(31)16-104-124(100,101)118-33-9-45(81-24-72-48-51(63)66-21-69-54(48)81)112-39(33)18-106-122(96,97)115-30-6-41(77-11-26(2)56(84)74-59(77)87)109-36(30)15-103-120(92,93)114-28-4-43(107-34(28)13-82)79-22-70-46-49(61)64-19-67-52(46)79/h10-12,19-24,28-45,82H,4-9,13-18H2,1-3H3,(H,92,93)(H,94,95)(H,96,97)(H,98,99)(H,100,101)(H2,61,64,67)(H2,62,65,68)(H2,63,66,69)(H,73,83,86)(H,74,84,87)(H,75,85,88)(H2,89,90,91)/t28-,29-,30-,31-,32-,33-,34+,35+,36+,37+,38+,39+,40+,41+,42+,43+,44+,45+/m0/s1. The van der Waals surface area contributed by atoms with Crippen LogP contribution in [0.3, 0.4) is 0 Å². The molecule has 9 aromatic rings. The highest BCUT2D eigenvalue weighted by atomic mass is 31.2. The van der Waals surface area contributed by atoms with Crippen molar-refractivity contribution in [1.29, 1.82) is 0 Å². The van der Waals surface area contributed by atoms with Gasteiger partial charge >= 0.3 is 64.0 Å². The number of H-pyrrole nitrogens is 3. The number of hydrogen-bond donors (Lipinski definition) is 14. The molecule has 64 heteroatoms. The molecular weight excluding hydrogens is 1790 g/mol. The second-order valence-electron chi connectivity index (χ2n) is 28.7. The van der Waals surface area contributed by atoms with Gasteiger partial charge in [-0.2, -0.15) is 0 Å². The Hall–Kier alpha value is -8.53. The zero-order valence-electron chi connectivity index (χ0n) is 64.1. The first kappa shape index (κ1) is 90.3. The predicted octanol–water partition coefficient (Wildman–Crippen LogP) is -1.47. The molecule has 0 radical (unpaired) electrons. The Labute approximate surface area is 690 Å². The van der Waals surface area contributed by atoms with Crippen molar-refractivity contribution in [3.05, 3.63) is 136 Å². The number of ether oxygens (including phenoxy) is 6. The van der Waals surface area contributed by atoms with Gasteiger partial charge in [-0.05, 0) is 20.8 Å². The van der Waals surface area contributed by atoms with Gasteiger partial charge in [0.2, 0.25) is 0 Å². The van der Waals surface area contributed by atoms with Gasteiger partial charge in [0.05, 0.1) is 58.6 Å². The number of nitrogens with one attached hydrogen (secondary N) is 3. The quantitative estimate of drug-likeness (QED) is 0.0205. The number of imidazole rings is 3. The number of fused-ring (bicyclic) bond motifs is 3. The van der Waals surface area contributed by atoms with E-state index in [0.717, 1.165) is 44.9 Å². The minimum Gasteiger partial charge on any atom is -0.394 e. The van der Waals surface area contributed by atoms with Crippen LogP contribution in [-0.2, 0) is 106 Å². The second-order valence-corrected chi connectivity index (χ2v) is 37.0. The number of nitrogens with two attached hydrogens (primary N) is 3. The molecule has 0 spiro atoms. The minimum absolute atomic E-state index is 0.00149. The van der Waals surface area contributed by atoms with Crippen molar-refractivity contribution >= 4 is 97.9 Å². The van der Waals surface area contributed by atoms with Crippen molar-refractivity contribution in [3.63, 3.8) is 0 Å². The van der Waals surface area contributed by atoms with Crippen LogP contribution in [-0.4, -0.2) is 239 Å². The van der Waals surface area contributed by atoms with E-state index in [0.29, 0.717) is 0 Å². The molecule has 15 rings (SSSR count). The number of rotatable bonds is 34. The molecule has 0 saturated carbocycles. The van der Waals surface area contributed by atoms with Crippen molar-refractivity contribution in [2.45, 2.75) is 170 Å². The Morgan fingerprint density at radius 3 is 0.823 bits per heavy atom. The zero-order chi connectivity index (χ0) is 88.6.